The summed E-state index contributed by atoms with van der Waals surface area (Å²) in [6.07, 6.45) is -4.91. The van der Waals surface area contributed by atoms with E-state index in [1.54, 1.807) is 0 Å². The van der Waals surface area contributed by atoms with Crippen molar-refractivity contribution < 1.29 is 27.4 Å². The highest BCUT2D eigenvalue weighted by molar-refractivity contribution is 6.33. The molecule has 0 aliphatic rings. The third kappa shape index (κ3) is 3.42. The molecule has 0 spiro atoms. The SMILES string of the molecule is COC(=O)c1cc(N)c(OC(F)(F)F)c(Cl)c1. The molecule has 0 heterocycles. The number of ether oxygens (including phenoxy) is 2. The van der Waals surface area contributed by atoms with Crippen molar-refractivity contribution in [2.45, 2.75) is 6.36 Å². The molecule has 0 amide bonds. The van der Waals surface area contributed by atoms with E-state index >= 15 is 0 Å². The van der Waals surface area contributed by atoms with Gasteiger partial charge in [-0.25, -0.2) is 4.79 Å². The van der Waals surface area contributed by atoms with Crippen molar-refractivity contribution in [1.29, 1.82) is 0 Å². The Bertz CT molecular complexity index is 425. The highest BCUT2D eigenvalue weighted by atomic mass is 35.5. The fourth-order valence-corrected chi connectivity index (χ4v) is 1.34. The second-order valence-electron chi connectivity index (χ2n) is 2.92. The van der Waals surface area contributed by atoms with Crippen molar-refractivity contribution in [1.82, 2.24) is 0 Å². The van der Waals surface area contributed by atoms with Gasteiger partial charge >= 0.3 is 12.3 Å². The molecule has 0 aliphatic carbocycles. The lowest BCUT2D eigenvalue weighted by Crippen LogP contribution is -2.18. The second kappa shape index (κ2) is 4.70. The number of rotatable bonds is 2. The average molecular weight is 270 g/mol. The van der Waals surface area contributed by atoms with E-state index in [0.717, 1.165) is 19.2 Å². The van der Waals surface area contributed by atoms with Crippen molar-refractivity contribution in [3.05, 3.63) is 22.7 Å². The third-order valence-electron chi connectivity index (χ3n) is 1.71. The Morgan fingerprint density at radius 1 is 1.41 bits per heavy atom. The molecule has 1 rings (SSSR count). The standard InChI is InChI=1S/C9H7ClF3NO3/c1-16-8(15)4-2-5(10)7(6(14)3-4)17-9(11,12)13/h2-3H,14H2,1H3. The molecule has 8 heteroatoms. The number of anilines is 1. The molecule has 94 valence electrons. The van der Waals surface area contributed by atoms with Gasteiger partial charge in [-0.15, -0.1) is 13.2 Å². The average Bonchev–Trinajstić information content (AvgIpc) is 2.20. The van der Waals surface area contributed by atoms with E-state index in [2.05, 4.69) is 9.47 Å². The number of nitrogens with two attached hydrogens (primary N) is 1. The summed E-state index contributed by atoms with van der Waals surface area (Å²) in [5.41, 5.74) is 4.83. The van der Waals surface area contributed by atoms with Gasteiger partial charge in [0.1, 0.15) is 0 Å². The topological polar surface area (TPSA) is 61.5 Å². The van der Waals surface area contributed by atoms with Crippen molar-refractivity contribution in [3.8, 4) is 5.75 Å². The number of halogens is 4. The number of benzene rings is 1. The molecule has 0 radical (unpaired) electrons. The van der Waals surface area contributed by atoms with Crippen LogP contribution >= 0.6 is 11.6 Å². The first-order chi connectivity index (χ1) is 7.74. The van der Waals surface area contributed by atoms with Gasteiger partial charge in [0.2, 0.25) is 0 Å². The minimum absolute atomic E-state index is 0.0653. The molecule has 0 bridgehead atoms. The van der Waals surface area contributed by atoms with E-state index in [1.807, 2.05) is 0 Å². The maximum atomic E-state index is 12.0. The molecule has 0 unspecified atom stereocenters. The maximum Gasteiger partial charge on any atom is 0.573 e. The molecule has 0 aliphatic heterocycles. The zero-order valence-corrected chi connectivity index (χ0v) is 9.22. The number of carbonyl (C=O) groups excluding carboxylic acids is 1. The molecular weight excluding hydrogens is 263 g/mol. The Balaban J connectivity index is 3.15. The van der Waals surface area contributed by atoms with Crippen LogP contribution in [0.15, 0.2) is 12.1 Å². The van der Waals surface area contributed by atoms with Crippen LogP contribution in [0.5, 0.6) is 5.75 Å². The van der Waals surface area contributed by atoms with Gasteiger partial charge in [-0.2, -0.15) is 0 Å². The predicted octanol–water partition coefficient (Wildman–Crippen LogP) is 2.61. The van der Waals surface area contributed by atoms with Crippen molar-refractivity contribution in [2.75, 3.05) is 12.8 Å². The number of esters is 1. The molecule has 0 fully saturated rings. The largest absolute Gasteiger partial charge is 0.573 e. The van der Waals surface area contributed by atoms with Gasteiger partial charge in [-0.3, -0.25) is 0 Å². The van der Waals surface area contributed by atoms with Crippen LogP contribution in [0.3, 0.4) is 0 Å². The monoisotopic (exact) mass is 269 g/mol. The summed E-state index contributed by atoms with van der Waals surface area (Å²) in [7, 11) is 1.12. The minimum atomic E-state index is -4.91. The number of carbonyl (C=O) groups is 1. The molecule has 2 N–H and O–H groups in total. The molecule has 0 aromatic heterocycles. The Morgan fingerprint density at radius 2 is 2.00 bits per heavy atom. The number of hydrogen-bond donors (Lipinski definition) is 1. The number of alkyl halides is 3. The van der Waals surface area contributed by atoms with Crippen LogP contribution in [-0.4, -0.2) is 19.4 Å². The molecule has 17 heavy (non-hydrogen) atoms. The first-order valence-corrected chi connectivity index (χ1v) is 4.55. The van der Waals surface area contributed by atoms with Crippen LogP contribution in [0, 0.1) is 0 Å². The molecule has 1 aromatic rings. The first-order valence-electron chi connectivity index (χ1n) is 4.17. The minimum Gasteiger partial charge on any atom is -0.465 e. The van der Waals surface area contributed by atoms with E-state index in [0.29, 0.717) is 0 Å². The first kappa shape index (κ1) is 13.4. The number of nitrogen functional groups attached to an aromatic ring is 1. The fraction of sp³-hybridized carbons (Fsp3) is 0.222. The molecular formula is C9H7ClF3NO3. The summed E-state index contributed by atoms with van der Waals surface area (Å²) < 4.78 is 44.0. The van der Waals surface area contributed by atoms with Gasteiger partial charge in [-0.1, -0.05) is 11.6 Å². The van der Waals surface area contributed by atoms with Crippen molar-refractivity contribution >= 4 is 23.3 Å². The van der Waals surface area contributed by atoms with Crippen molar-refractivity contribution in [2.24, 2.45) is 0 Å². The summed E-state index contributed by atoms with van der Waals surface area (Å²) in [4.78, 5) is 11.1. The van der Waals surface area contributed by atoms with Gasteiger partial charge in [0.05, 0.1) is 23.4 Å². The van der Waals surface area contributed by atoms with Crippen molar-refractivity contribution in [3.63, 3.8) is 0 Å². The van der Waals surface area contributed by atoms with Crippen LogP contribution in [0.4, 0.5) is 18.9 Å². The molecule has 0 saturated carbocycles. The second-order valence-corrected chi connectivity index (χ2v) is 3.32. The Labute approximate surface area is 99.1 Å². The smallest absolute Gasteiger partial charge is 0.465 e. The summed E-state index contributed by atoms with van der Waals surface area (Å²) in [5.74, 6) is -1.51. The van der Waals surface area contributed by atoms with Crippen LogP contribution in [0.1, 0.15) is 10.4 Å². The maximum absolute atomic E-state index is 12.0. The highest BCUT2D eigenvalue weighted by Gasteiger charge is 2.33. The summed E-state index contributed by atoms with van der Waals surface area (Å²) >= 11 is 5.53. The van der Waals surface area contributed by atoms with Crippen LogP contribution in [0.2, 0.25) is 5.02 Å². The third-order valence-corrected chi connectivity index (χ3v) is 1.99. The van der Waals surface area contributed by atoms with Gasteiger partial charge in [-0.05, 0) is 12.1 Å². The van der Waals surface area contributed by atoms with E-state index in [4.69, 9.17) is 17.3 Å². The van der Waals surface area contributed by atoms with Crippen LogP contribution in [-0.2, 0) is 4.74 Å². The molecule has 0 atom stereocenters. The Morgan fingerprint density at radius 3 is 2.41 bits per heavy atom. The molecule has 0 saturated heterocycles. The van der Waals surface area contributed by atoms with Gasteiger partial charge in [0, 0.05) is 0 Å². The Hall–Kier alpha value is -1.63. The lowest BCUT2D eigenvalue weighted by atomic mass is 10.2. The summed E-state index contributed by atoms with van der Waals surface area (Å²) in [6.45, 7) is 0. The summed E-state index contributed by atoms with van der Waals surface area (Å²) in [6, 6.07) is 1.96. The Kier molecular flexibility index (Phi) is 3.72. The quantitative estimate of drug-likeness (QED) is 0.662. The van der Waals surface area contributed by atoms with Crippen LogP contribution in [0.25, 0.3) is 0 Å². The van der Waals surface area contributed by atoms with Gasteiger partial charge in [0.15, 0.2) is 5.75 Å². The predicted molar refractivity (Wildman–Crippen MR) is 53.9 cm³/mol. The lowest BCUT2D eigenvalue weighted by molar-refractivity contribution is -0.274. The van der Waals surface area contributed by atoms with Crippen LogP contribution < -0.4 is 10.5 Å². The zero-order valence-electron chi connectivity index (χ0n) is 8.47. The van der Waals surface area contributed by atoms with E-state index in [1.165, 1.54) is 0 Å². The van der Waals surface area contributed by atoms with Gasteiger partial charge in [0.25, 0.3) is 0 Å². The normalized spacial score (nSPS) is 11.1. The van der Waals surface area contributed by atoms with Gasteiger partial charge < -0.3 is 15.2 Å². The fourth-order valence-electron chi connectivity index (χ4n) is 1.07. The number of methoxy groups -OCH3 is 1. The van der Waals surface area contributed by atoms with E-state index in [-0.39, 0.29) is 5.56 Å². The number of hydrogen-bond acceptors (Lipinski definition) is 4. The lowest BCUT2D eigenvalue weighted by Gasteiger charge is -2.13. The van der Waals surface area contributed by atoms with E-state index in [9.17, 15) is 18.0 Å². The highest BCUT2D eigenvalue weighted by Crippen LogP contribution is 2.36. The zero-order chi connectivity index (χ0) is 13.2. The van der Waals surface area contributed by atoms with E-state index < -0.39 is 28.8 Å². The molecule has 4 nitrogen and oxygen atoms in total. The summed E-state index contributed by atoms with van der Waals surface area (Å²) in [5, 5.41) is -0.428. The molecule has 1 aromatic carbocycles.